The number of aliphatic hydroxyl groups excluding tert-OH is 1. The van der Waals surface area contributed by atoms with E-state index in [9.17, 15) is 14.7 Å². The number of hydrogen-bond donors (Lipinski definition) is 3. The Labute approximate surface area is 132 Å². The van der Waals surface area contributed by atoms with Crippen LogP contribution in [0.25, 0.3) is 0 Å². The van der Waals surface area contributed by atoms with E-state index in [2.05, 4.69) is 20.3 Å². The van der Waals surface area contributed by atoms with Crippen LogP contribution in [0, 0.1) is 5.92 Å². The van der Waals surface area contributed by atoms with Crippen molar-refractivity contribution in [3.63, 3.8) is 0 Å². The number of pyridine rings is 1. The molecule has 0 aliphatic heterocycles. The highest BCUT2D eigenvalue weighted by Gasteiger charge is 2.36. The van der Waals surface area contributed by atoms with Crippen LogP contribution in [0.2, 0.25) is 0 Å². The predicted molar refractivity (Wildman–Crippen MR) is 82.4 cm³/mol. The quantitative estimate of drug-likeness (QED) is 0.737. The van der Waals surface area contributed by atoms with Gasteiger partial charge in [-0.25, -0.2) is 4.98 Å². The molecule has 0 spiro atoms. The van der Waals surface area contributed by atoms with Crippen molar-refractivity contribution in [3.8, 4) is 0 Å². The molecule has 0 saturated heterocycles. The number of rotatable bonds is 5. The van der Waals surface area contributed by atoms with Gasteiger partial charge >= 0.3 is 0 Å². The summed E-state index contributed by atoms with van der Waals surface area (Å²) >= 11 is 0. The maximum Gasteiger partial charge on any atom is 0.254 e. The zero-order valence-electron chi connectivity index (χ0n) is 12.5. The Kier molecular flexibility index (Phi) is 4.47. The van der Waals surface area contributed by atoms with Crippen LogP contribution in [0.1, 0.15) is 30.1 Å². The Morgan fingerprint density at radius 2 is 2.26 bits per heavy atom. The van der Waals surface area contributed by atoms with Gasteiger partial charge < -0.3 is 15.4 Å². The first-order chi connectivity index (χ1) is 11.1. The van der Waals surface area contributed by atoms with Gasteiger partial charge in [0.25, 0.3) is 5.56 Å². The third-order valence-corrected chi connectivity index (χ3v) is 4.09. The minimum absolute atomic E-state index is 0.0399. The van der Waals surface area contributed by atoms with Crippen molar-refractivity contribution in [3.05, 3.63) is 58.5 Å². The highest BCUT2D eigenvalue weighted by atomic mass is 16.3. The SMILES string of the molecule is O=C(Cc1cnc[nH]c1=O)N[C@H](c1ccccn1)C1CC(O)C1. The third-order valence-electron chi connectivity index (χ3n) is 4.09. The predicted octanol–water partition coefficient (Wildman–Crippen LogP) is 0.336. The normalized spacial score (nSPS) is 21.3. The van der Waals surface area contributed by atoms with Crippen molar-refractivity contribution in [1.29, 1.82) is 0 Å². The molecule has 7 nitrogen and oxygen atoms in total. The number of carbonyl (C=O) groups is 1. The van der Waals surface area contributed by atoms with Gasteiger partial charge in [-0.05, 0) is 30.9 Å². The lowest BCUT2D eigenvalue weighted by Gasteiger charge is -2.37. The number of nitrogens with zero attached hydrogens (tertiary/aromatic N) is 2. The summed E-state index contributed by atoms with van der Waals surface area (Å²) in [7, 11) is 0. The van der Waals surface area contributed by atoms with Crippen molar-refractivity contribution >= 4 is 5.91 Å². The summed E-state index contributed by atoms with van der Waals surface area (Å²) in [6.45, 7) is 0. The fourth-order valence-electron chi connectivity index (χ4n) is 2.79. The molecule has 1 atom stereocenters. The molecule has 3 N–H and O–H groups in total. The van der Waals surface area contributed by atoms with Crippen LogP contribution in [0.5, 0.6) is 0 Å². The lowest BCUT2D eigenvalue weighted by atomic mass is 9.76. The van der Waals surface area contributed by atoms with Gasteiger partial charge in [0.05, 0.1) is 30.6 Å². The first kappa shape index (κ1) is 15.4. The van der Waals surface area contributed by atoms with Gasteiger partial charge in [0.1, 0.15) is 0 Å². The lowest BCUT2D eigenvalue weighted by molar-refractivity contribution is -0.122. The second-order valence-corrected chi connectivity index (χ2v) is 5.77. The van der Waals surface area contributed by atoms with Gasteiger partial charge in [-0.3, -0.25) is 14.6 Å². The second-order valence-electron chi connectivity index (χ2n) is 5.77. The van der Waals surface area contributed by atoms with Crippen molar-refractivity contribution in [2.45, 2.75) is 31.4 Å². The number of carbonyl (C=O) groups excluding carboxylic acids is 1. The van der Waals surface area contributed by atoms with Gasteiger partial charge in [0.2, 0.25) is 5.91 Å². The van der Waals surface area contributed by atoms with Gasteiger partial charge in [-0.1, -0.05) is 6.07 Å². The van der Waals surface area contributed by atoms with Gasteiger partial charge in [-0.2, -0.15) is 0 Å². The molecule has 1 aliphatic rings. The number of aromatic amines is 1. The molecule has 3 rings (SSSR count). The number of H-pyrrole nitrogens is 1. The van der Waals surface area contributed by atoms with E-state index in [1.165, 1.54) is 12.5 Å². The average molecular weight is 314 g/mol. The molecule has 0 radical (unpaired) electrons. The molecule has 0 bridgehead atoms. The Morgan fingerprint density at radius 1 is 1.43 bits per heavy atom. The molecule has 120 valence electrons. The highest BCUT2D eigenvalue weighted by Crippen LogP contribution is 2.37. The summed E-state index contributed by atoms with van der Waals surface area (Å²) in [6, 6.07) is 5.27. The molecule has 0 aromatic carbocycles. The van der Waals surface area contributed by atoms with E-state index >= 15 is 0 Å². The van der Waals surface area contributed by atoms with Crippen molar-refractivity contribution < 1.29 is 9.90 Å². The summed E-state index contributed by atoms with van der Waals surface area (Å²) in [5.74, 6) is -0.114. The number of nitrogens with one attached hydrogen (secondary N) is 2. The topological polar surface area (TPSA) is 108 Å². The van der Waals surface area contributed by atoms with Crippen LogP contribution in [0.3, 0.4) is 0 Å². The number of aromatic nitrogens is 3. The molecule has 1 aliphatic carbocycles. The van der Waals surface area contributed by atoms with E-state index in [1.807, 2.05) is 18.2 Å². The van der Waals surface area contributed by atoms with Gasteiger partial charge in [0, 0.05) is 18.0 Å². The summed E-state index contributed by atoms with van der Waals surface area (Å²) in [5.41, 5.74) is 0.764. The van der Waals surface area contributed by atoms with E-state index in [0.717, 1.165) is 5.69 Å². The van der Waals surface area contributed by atoms with E-state index in [0.29, 0.717) is 18.4 Å². The molecule has 0 unspecified atom stereocenters. The standard InChI is InChI=1S/C16H18N4O3/c21-12-5-10(6-12)15(13-3-1-2-4-18-13)20-14(22)7-11-8-17-9-19-16(11)23/h1-4,8-10,12,15,21H,5-7H2,(H,20,22)(H,17,19,23)/t10?,12?,15-/m0/s1. The number of aliphatic hydroxyl groups is 1. The van der Waals surface area contributed by atoms with Crippen LogP contribution in [0.15, 0.2) is 41.7 Å². The molecule has 2 aromatic rings. The molecule has 2 aromatic heterocycles. The van der Waals surface area contributed by atoms with Crippen LogP contribution in [-0.2, 0) is 11.2 Å². The van der Waals surface area contributed by atoms with Crippen molar-refractivity contribution in [2.24, 2.45) is 5.92 Å². The van der Waals surface area contributed by atoms with Crippen molar-refractivity contribution in [1.82, 2.24) is 20.3 Å². The molecule has 1 amide bonds. The first-order valence-electron chi connectivity index (χ1n) is 7.53. The monoisotopic (exact) mass is 314 g/mol. The smallest absolute Gasteiger partial charge is 0.254 e. The molecule has 2 heterocycles. The highest BCUT2D eigenvalue weighted by molar-refractivity contribution is 5.78. The number of amides is 1. The summed E-state index contributed by atoms with van der Waals surface area (Å²) in [6.07, 6.45) is 5.27. The maximum atomic E-state index is 12.3. The Balaban J connectivity index is 1.72. The van der Waals surface area contributed by atoms with E-state index in [-0.39, 0.29) is 36.0 Å². The Hall–Kier alpha value is -2.54. The van der Waals surface area contributed by atoms with Crippen LogP contribution in [-0.4, -0.2) is 32.1 Å². The van der Waals surface area contributed by atoms with E-state index in [1.54, 1.807) is 6.20 Å². The fraction of sp³-hybridized carbons (Fsp3) is 0.375. The molecule has 23 heavy (non-hydrogen) atoms. The summed E-state index contributed by atoms with van der Waals surface area (Å²) < 4.78 is 0. The minimum atomic E-state index is -0.316. The van der Waals surface area contributed by atoms with Crippen LogP contribution >= 0.6 is 0 Å². The summed E-state index contributed by atoms with van der Waals surface area (Å²) in [4.78, 5) is 34.5. The zero-order chi connectivity index (χ0) is 16.2. The van der Waals surface area contributed by atoms with Gasteiger partial charge in [-0.15, -0.1) is 0 Å². The van der Waals surface area contributed by atoms with Crippen LogP contribution in [0.4, 0.5) is 0 Å². The molecular formula is C16H18N4O3. The Bertz CT molecular complexity index is 725. The maximum absolute atomic E-state index is 12.3. The fourth-order valence-corrected chi connectivity index (χ4v) is 2.79. The number of hydrogen-bond acceptors (Lipinski definition) is 5. The van der Waals surface area contributed by atoms with Crippen LogP contribution < -0.4 is 10.9 Å². The second kappa shape index (κ2) is 6.70. The lowest BCUT2D eigenvalue weighted by Crippen LogP contribution is -2.42. The molecule has 1 fully saturated rings. The minimum Gasteiger partial charge on any atom is -0.393 e. The Morgan fingerprint density at radius 3 is 2.91 bits per heavy atom. The first-order valence-corrected chi connectivity index (χ1v) is 7.53. The largest absolute Gasteiger partial charge is 0.393 e. The van der Waals surface area contributed by atoms with Gasteiger partial charge in [0.15, 0.2) is 0 Å². The molecule has 7 heteroatoms. The van der Waals surface area contributed by atoms with E-state index in [4.69, 9.17) is 0 Å². The summed E-state index contributed by atoms with van der Waals surface area (Å²) in [5, 5.41) is 12.5. The zero-order valence-corrected chi connectivity index (χ0v) is 12.5. The molecule has 1 saturated carbocycles. The third kappa shape index (κ3) is 3.62. The molecular weight excluding hydrogens is 296 g/mol. The van der Waals surface area contributed by atoms with E-state index < -0.39 is 0 Å². The average Bonchev–Trinajstić information content (AvgIpc) is 2.53. The van der Waals surface area contributed by atoms with Crippen molar-refractivity contribution in [2.75, 3.05) is 0 Å².